The van der Waals surface area contributed by atoms with Gasteiger partial charge in [0.2, 0.25) is 5.91 Å². The molecule has 3 rings (SSSR count). The van der Waals surface area contributed by atoms with Crippen LogP contribution < -0.4 is 5.32 Å². The molecule has 0 aliphatic carbocycles. The quantitative estimate of drug-likeness (QED) is 0.769. The number of carbonyl (C=O) groups is 1. The molecule has 1 atom stereocenters. The Morgan fingerprint density at radius 2 is 2.09 bits per heavy atom. The van der Waals surface area contributed by atoms with Crippen molar-refractivity contribution in [2.45, 2.75) is 33.2 Å². The molecule has 4 heteroatoms. The highest BCUT2D eigenvalue weighted by atomic mass is 32.1. The van der Waals surface area contributed by atoms with Gasteiger partial charge in [0.15, 0.2) is 0 Å². The Labute approximate surface area is 134 Å². The first-order valence-corrected chi connectivity index (χ1v) is 8.22. The van der Waals surface area contributed by atoms with Gasteiger partial charge in [-0.15, -0.1) is 11.3 Å². The molecule has 0 bridgehead atoms. The third-order valence-corrected chi connectivity index (χ3v) is 5.02. The van der Waals surface area contributed by atoms with Crippen molar-refractivity contribution in [1.82, 2.24) is 5.32 Å². The van der Waals surface area contributed by atoms with E-state index in [0.717, 1.165) is 21.4 Å². The molecule has 1 N–H and O–H groups in total. The first kappa shape index (κ1) is 14.9. The van der Waals surface area contributed by atoms with Gasteiger partial charge in [-0.05, 0) is 55.5 Å². The van der Waals surface area contributed by atoms with Gasteiger partial charge in [-0.2, -0.15) is 0 Å². The largest absolute Gasteiger partial charge is 0.464 e. The van der Waals surface area contributed by atoms with Gasteiger partial charge < -0.3 is 9.73 Å². The van der Waals surface area contributed by atoms with Crippen LogP contribution in [0.15, 0.2) is 40.3 Å². The Morgan fingerprint density at radius 3 is 2.82 bits per heavy atom. The van der Waals surface area contributed by atoms with Crippen molar-refractivity contribution in [2.75, 3.05) is 0 Å². The number of aryl methyl sites for hydroxylation is 2. The van der Waals surface area contributed by atoms with Gasteiger partial charge in [0.05, 0.1) is 18.7 Å². The van der Waals surface area contributed by atoms with Crippen molar-refractivity contribution in [3.05, 3.63) is 57.5 Å². The fourth-order valence-electron chi connectivity index (χ4n) is 2.55. The summed E-state index contributed by atoms with van der Waals surface area (Å²) < 4.78 is 5.59. The topological polar surface area (TPSA) is 42.2 Å². The van der Waals surface area contributed by atoms with Crippen LogP contribution in [-0.4, -0.2) is 5.91 Å². The molecular formula is C18H19NO2S. The monoisotopic (exact) mass is 313 g/mol. The highest BCUT2D eigenvalue weighted by Gasteiger charge is 2.14. The van der Waals surface area contributed by atoms with Crippen LogP contribution in [0, 0.1) is 13.8 Å². The van der Waals surface area contributed by atoms with Crippen molar-refractivity contribution in [3.8, 4) is 0 Å². The van der Waals surface area contributed by atoms with Crippen LogP contribution in [0.4, 0.5) is 0 Å². The molecular weight excluding hydrogens is 294 g/mol. The predicted molar refractivity (Wildman–Crippen MR) is 90.3 cm³/mol. The number of benzene rings is 1. The summed E-state index contributed by atoms with van der Waals surface area (Å²) in [7, 11) is 0. The lowest BCUT2D eigenvalue weighted by Gasteiger charge is -2.11. The minimum absolute atomic E-state index is 0.0156. The summed E-state index contributed by atoms with van der Waals surface area (Å²) in [6.45, 7) is 6.14. The second-order valence-electron chi connectivity index (χ2n) is 5.67. The van der Waals surface area contributed by atoms with Crippen molar-refractivity contribution >= 4 is 28.2 Å². The molecule has 3 nitrogen and oxygen atoms in total. The summed E-state index contributed by atoms with van der Waals surface area (Å²) in [5.74, 6) is 0.0156. The third kappa shape index (κ3) is 2.92. The summed E-state index contributed by atoms with van der Waals surface area (Å²) in [6, 6.07) is 8.20. The fourth-order valence-corrected chi connectivity index (χ4v) is 3.28. The molecule has 2 heterocycles. The standard InChI is InChI=1S/C18H19NO2S/c1-11-7-15-14(10-21-16(15)8-12(11)2)9-18(20)19-13(3)17-5-4-6-22-17/h4-8,10,13H,9H2,1-3H3,(H,19,20)/t13-/m1/s1. The van der Waals surface area contributed by atoms with E-state index in [2.05, 4.69) is 25.2 Å². The Hall–Kier alpha value is -2.07. The van der Waals surface area contributed by atoms with Crippen LogP contribution >= 0.6 is 11.3 Å². The fraction of sp³-hybridized carbons (Fsp3) is 0.278. The average Bonchev–Trinajstić information content (AvgIpc) is 3.11. The van der Waals surface area contributed by atoms with Crippen molar-refractivity contribution in [1.29, 1.82) is 0 Å². The summed E-state index contributed by atoms with van der Waals surface area (Å²) >= 11 is 1.65. The van der Waals surface area contributed by atoms with Gasteiger partial charge in [-0.1, -0.05) is 6.07 Å². The highest BCUT2D eigenvalue weighted by Crippen LogP contribution is 2.25. The molecule has 0 aliphatic rings. The van der Waals surface area contributed by atoms with Gasteiger partial charge in [0.1, 0.15) is 5.58 Å². The van der Waals surface area contributed by atoms with Gasteiger partial charge >= 0.3 is 0 Å². The highest BCUT2D eigenvalue weighted by molar-refractivity contribution is 7.10. The van der Waals surface area contributed by atoms with E-state index < -0.39 is 0 Å². The molecule has 0 radical (unpaired) electrons. The minimum Gasteiger partial charge on any atom is -0.464 e. The molecule has 0 spiro atoms. The van der Waals surface area contributed by atoms with Gasteiger partial charge in [-0.25, -0.2) is 0 Å². The number of hydrogen-bond donors (Lipinski definition) is 1. The zero-order chi connectivity index (χ0) is 15.7. The lowest BCUT2D eigenvalue weighted by molar-refractivity contribution is -0.121. The Balaban J connectivity index is 1.75. The van der Waals surface area contributed by atoms with E-state index in [9.17, 15) is 4.79 Å². The second kappa shape index (κ2) is 5.97. The smallest absolute Gasteiger partial charge is 0.225 e. The minimum atomic E-state index is 0.0156. The second-order valence-corrected chi connectivity index (χ2v) is 6.65. The number of furan rings is 1. The van der Waals surface area contributed by atoms with Crippen molar-refractivity contribution in [3.63, 3.8) is 0 Å². The number of fused-ring (bicyclic) bond motifs is 1. The maximum atomic E-state index is 12.3. The van der Waals surface area contributed by atoms with Gasteiger partial charge in [0, 0.05) is 15.8 Å². The molecule has 0 aliphatic heterocycles. The Bertz CT molecular complexity index is 802. The van der Waals surface area contributed by atoms with E-state index in [0.29, 0.717) is 6.42 Å². The number of amides is 1. The maximum Gasteiger partial charge on any atom is 0.225 e. The van der Waals surface area contributed by atoms with Gasteiger partial charge in [0.25, 0.3) is 0 Å². The predicted octanol–water partition coefficient (Wildman–Crippen LogP) is 4.53. The summed E-state index contributed by atoms with van der Waals surface area (Å²) in [5.41, 5.74) is 4.19. The van der Waals surface area contributed by atoms with Crippen LogP contribution in [0.1, 0.15) is 34.5 Å². The van der Waals surface area contributed by atoms with Crippen LogP contribution in [0.25, 0.3) is 11.0 Å². The van der Waals surface area contributed by atoms with Crippen LogP contribution in [-0.2, 0) is 11.2 Å². The third-order valence-electron chi connectivity index (χ3n) is 3.97. The average molecular weight is 313 g/mol. The summed E-state index contributed by atoms with van der Waals surface area (Å²) in [4.78, 5) is 13.4. The van der Waals surface area contributed by atoms with E-state index >= 15 is 0 Å². The normalized spacial score (nSPS) is 12.5. The number of rotatable bonds is 4. The summed E-state index contributed by atoms with van der Waals surface area (Å²) in [6.07, 6.45) is 2.03. The molecule has 1 amide bonds. The number of hydrogen-bond acceptors (Lipinski definition) is 3. The van der Waals surface area contributed by atoms with E-state index in [1.54, 1.807) is 17.6 Å². The van der Waals surface area contributed by atoms with Crippen molar-refractivity contribution in [2.24, 2.45) is 0 Å². The molecule has 114 valence electrons. The Kier molecular flexibility index (Phi) is 4.03. The lowest BCUT2D eigenvalue weighted by Crippen LogP contribution is -2.27. The zero-order valence-corrected chi connectivity index (χ0v) is 13.8. The molecule has 0 saturated heterocycles. The van der Waals surface area contributed by atoms with Crippen LogP contribution in [0.2, 0.25) is 0 Å². The molecule has 2 aromatic heterocycles. The molecule has 3 aromatic rings. The lowest BCUT2D eigenvalue weighted by atomic mass is 10.0. The van der Waals surface area contributed by atoms with Crippen molar-refractivity contribution < 1.29 is 9.21 Å². The first-order valence-electron chi connectivity index (χ1n) is 7.34. The number of nitrogens with one attached hydrogen (secondary N) is 1. The van der Waals surface area contributed by atoms with E-state index in [1.165, 1.54) is 11.1 Å². The first-order chi connectivity index (χ1) is 10.5. The molecule has 0 saturated carbocycles. The van der Waals surface area contributed by atoms with E-state index in [1.807, 2.05) is 30.5 Å². The van der Waals surface area contributed by atoms with Crippen LogP contribution in [0.5, 0.6) is 0 Å². The van der Waals surface area contributed by atoms with Gasteiger partial charge in [-0.3, -0.25) is 4.79 Å². The number of thiophene rings is 1. The zero-order valence-electron chi connectivity index (χ0n) is 13.0. The summed E-state index contributed by atoms with van der Waals surface area (Å²) in [5, 5.41) is 6.09. The molecule has 1 aromatic carbocycles. The molecule has 0 unspecified atom stereocenters. The Morgan fingerprint density at radius 1 is 1.32 bits per heavy atom. The maximum absolute atomic E-state index is 12.3. The molecule has 22 heavy (non-hydrogen) atoms. The van der Waals surface area contributed by atoms with E-state index in [-0.39, 0.29) is 11.9 Å². The molecule has 0 fully saturated rings. The van der Waals surface area contributed by atoms with Crippen LogP contribution in [0.3, 0.4) is 0 Å². The SMILES string of the molecule is Cc1cc2occ(CC(=O)N[C@H](C)c3cccs3)c2cc1C. The number of carbonyl (C=O) groups excluding carboxylic acids is 1. The van der Waals surface area contributed by atoms with E-state index in [4.69, 9.17) is 4.42 Å².